The lowest BCUT2D eigenvalue weighted by atomic mass is 10.1. The summed E-state index contributed by atoms with van der Waals surface area (Å²) in [4.78, 5) is 4.27. The Labute approximate surface area is 181 Å². The van der Waals surface area contributed by atoms with Crippen LogP contribution in [0, 0.1) is 6.92 Å². The van der Waals surface area contributed by atoms with Gasteiger partial charge in [-0.15, -0.1) is 24.0 Å². The number of benzene rings is 1. The van der Waals surface area contributed by atoms with Crippen LogP contribution in [-0.2, 0) is 13.0 Å². The molecular weight excluding hydrogens is 469 g/mol. The number of guanidine groups is 1. The standard InChI is InChI=1S/C20H25N5S.HI/c1-16-18(14-25(24-16)19-8-4-3-5-9-19)7-6-11-22-20(21-2)23-13-17-10-12-26-15-17;/h3-5,8-10,12,14-15H,6-7,11,13H2,1-2H3,(H2,21,22,23);1H. The molecule has 0 atom stereocenters. The van der Waals surface area contributed by atoms with Crippen molar-refractivity contribution in [3.8, 4) is 5.69 Å². The number of thiophene rings is 1. The first kappa shape index (κ1) is 21.4. The molecule has 144 valence electrons. The third kappa shape index (κ3) is 6.35. The number of aliphatic imine (C=N–C) groups is 1. The summed E-state index contributed by atoms with van der Waals surface area (Å²) in [6.07, 6.45) is 4.15. The lowest BCUT2D eigenvalue weighted by molar-refractivity contribution is 0.740. The number of rotatable bonds is 7. The smallest absolute Gasteiger partial charge is 0.191 e. The molecule has 3 aromatic rings. The fraction of sp³-hybridized carbons (Fsp3) is 0.300. The van der Waals surface area contributed by atoms with E-state index >= 15 is 0 Å². The maximum Gasteiger partial charge on any atom is 0.191 e. The van der Waals surface area contributed by atoms with Gasteiger partial charge in [-0.2, -0.15) is 16.4 Å². The Morgan fingerprint density at radius 1 is 1.19 bits per heavy atom. The Balaban J connectivity index is 0.00000261. The number of aryl methyl sites for hydroxylation is 2. The predicted molar refractivity (Wildman–Crippen MR) is 125 cm³/mol. The van der Waals surface area contributed by atoms with Crippen LogP contribution in [0.3, 0.4) is 0 Å². The molecule has 2 aromatic heterocycles. The summed E-state index contributed by atoms with van der Waals surface area (Å²) in [5.41, 5.74) is 4.76. The quantitative estimate of drug-likeness (QED) is 0.224. The summed E-state index contributed by atoms with van der Waals surface area (Å²) >= 11 is 1.71. The molecule has 0 saturated carbocycles. The van der Waals surface area contributed by atoms with Crippen LogP contribution in [0.15, 0.2) is 58.3 Å². The lowest BCUT2D eigenvalue weighted by Gasteiger charge is -2.11. The van der Waals surface area contributed by atoms with E-state index in [1.54, 1.807) is 18.4 Å². The van der Waals surface area contributed by atoms with E-state index in [1.807, 2.05) is 22.9 Å². The maximum atomic E-state index is 4.63. The van der Waals surface area contributed by atoms with Crippen molar-refractivity contribution in [2.75, 3.05) is 13.6 Å². The van der Waals surface area contributed by atoms with Crippen LogP contribution >= 0.6 is 35.3 Å². The number of hydrogen-bond donors (Lipinski definition) is 2. The van der Waals surface area contributed by atoms with Crippen molar-refractivity contribution in [2.45, 2.75) is 26.3 Å². The molecule has 0 unspecified atom stereocenters. The van der Waals surface area contributed by atoms with E-state index in [0.717, 1.165) is 43.3 Å². The number of aromatic nitrogens is 2. The van der Waals surface area contributed by atoms with Gasteiger partial charge in [0.15, 0.2) is 5.96 Å². The van der Waals surface area contributed by atoms with Gasteiger partial charge in [0, 0.05) is 26.3 Å². The molecule has 7 heteroatoms. The number of nitrogens with zero attached hydrogens (tertiary/aromatic N) is 3. The van der Waals surface area contributed by atoms with Crippen molar-refractivity contribution in [3.05, 3.63) is 70.2 Å². The van der Waals surface area contributed by atoms with Crippen molar-refractivity contribution in [3.63, 3.8) is 0 Å². The van der Waals surface area contributed by atoms with Crippen LogP contribution in [0.4, 0.5) is 0 Å². The molecule has 0 saturated heterocycles. The molecule has 0 aliphatic rings. The highest BCUT2D eigenvalue weighted by Gasteiger charge is 2.06. The fourth-order valence-electron chi connectivity index (χ4n) is 2.74. The normalized spacial score (nSPS) is 11.1. The van der Waals surface area contributed by atoms with Gasteiger partial charge in [0.2, 0.25) is 0 Å². The zero-order valence-corrected chi connectivity index (χ0v) is 18.8. The molecule has 0 fully saturated rings. The topological polar surface area (TPSA) is 54.2 Å². The highest BCUT2D eigenvalue weighted by molar-refractivity contribution is 14.0. The van der Waals surface area contributed by atoms with E-state index in [2.05, 4.69) is 62.8 Å². The Morgan fingerprint density at radius 3 is 2.70 bits per heavy atom. The van der Waals surface area contributed by atoms with Crippen LogP contribution in [0.5, 0.6) is 0 Å². The van der Waals surface area contributed by atoms with Crippen molar-refractivity contribution >= 4 is 41.3 Å². The van der Waals surface area contributed by atoms with Crippen molar-refractivity contribution < 1.29 is 0 Å². The number of para-hydroxylation sites is 1. The number of hydrogen-bond acceptors (Lipinski definition) is 3. The summed E-state index contributed by atoms with van der Waals surface area (Å²) in [6.45, 7) is 3.74. The zero-order chi connectivity index (χ0) is 18.2. The highest BCUT2D eigenvalue weighted by atomic mass is 127. The lowest BCUT2D eigenvalue weighted by Crippen LogP contribution is -2.37. The van der Waals surface area contributed by atoms with Crippen LogP contribution < -0.4 is 10.6 Å². The fourth-order valence-corrected chi connectivity index (χ4v) is 3.41. The molecule has 3 rings (SSSR count). The summed E-state index contributed by atoms with van der Waals surface area (Å²) in [5, 5.41) is 15.6. The van der Waals surface area contributed by atoms with Crippen LogP contribution in [-0.4, -0.2) is 29.3 Å². The van der Waals surface area contributed by atoms with E-state index in [-0.39, 0.29) is 24.0 Å². The Morgan fingerprint density at radius 2 is 2.00 bits per heavy atom. The third-order valence-electron chi connectivity index (χ3n) is 4.20. The largest absolute Gasteiger partial charge is 0.356 e. The molecule has 2 N–H and O–H groups in total. The second-order valence-electron chi connectivity index (χ2n) is 6.11. The Kier molecular flexibility index (Phi) is 8.80. The first-order valence-electron chi connectivity index (χ1n) is 8.82. The predicted octanol–water partition coefficient (Wildman–Crippen LogP) is 4.16. The molecule has 2 heterocycles. The Bertz CT molecular complexity index is 827. The second kappa shape index (κ2) is 11.1. The van der Waals surface area contributed by atoms with Crippen molar-refractivity contribution in [2.24, 2.45) is 4.99 Å². The van der Waals surface area contributed by atoms with E-state index in [9.17, 15) is 0 Å². The van der Waals surface area contributed by atoms with Crippen molar-refractivity contribution in [1.29, 1.82) is 0 Å². The molecule has 0 spiro atoms. The van der Waals surface area contributed by atoms with E-state index < -0.39 is 0 Å². The number of halogens is 1. The first-order chi connectivity index (χ1) is 12.8. The van der Waals surface area contributed by atoms with Gasteiger partial charge in [0.05, 0.1) is 11.4 Å². The van der Waals surface area contributed by atoms with Gasteiger partial charge in [0.1, 0.15) is 0 Å². The van der Waals surface area contributed by atoms with E-state index in [4.69, 9.17) is 0 Å². The summed E-state index contributed by atoms with van der Waals surface area (Å²) in [7, 11) is 1.80. The molecule has 27 heavy (non-hydrogen) atoms. The van der Waals surface area contributed by atoms with Gasteiger partial charge in [-0.1, -0.05) is 18.2 Å². The second-order valence-corrected chi connectivity index (χ2v) is 6.89. The summed E-state index contributed by atoms with van der Waals surface area (Å²) in [5.74, 6) is 0.841. The highest BCUT2D eigenvalue weighted by Crippen LogP contribution is 2.13. The van der Waals surface area contributed by atoms with Gasteiger partial charge < -0.3 is 10.6 Å². The van der Waals surface area contributed by atoms with Crippen LogP contribution in [0.2, 0.25) is 0 Å². The zero-order valence-electron chi connectivity index (χ0n) is 15.7. The maximum absolute atomic E-state index is 4.63. The monoisotopic (exact) mass is 495 g/mol. The molecule has 5 nitrogen and oxygen atoms in total. The van der Waals surface area contributed by atoms with Crippen molar-refractivity contribution in [1.82, 2.24) is 20.4 Å². The van der Waals surface area contributed by atoms with Gasteiger partial charge in [-0.25, -0.2) is 4.68 Å². The molecular formula is C20H26IN5S. The van der Waals surface area contributed by atoms with Gasteiger partial charge in [-0.05, 0) is 59.9 Å². The van der Waals surface area contributed by atoms with Gasteiger partial charge >= 0.3 is 0 Å². The SMILES string of the molecule is CN=C(NCCCc1cn(-c2ccccc2)nc1C)NCc1ccsc1.I. The molecule has 1 aromatic carbocycles. The molecule has 0 radical (unpaired) electrons. The minimum absolute atomic E-state index is 0. The van der Waals surface area contributed by atoms with E-state index in [1.165, 1.54) is 11.1 Å². The van der Waals surface area contributed by atoms with Crippen LogP contribution in [0.1, 0.15) is 23.2 Å². The molecule has 0 aliphatic heterocycles. The average Bonchev–Trinajstić information content (AvgIpc) is 3.32. The summed E-state index contributed by atoms with van der Waals surface area (Å²) < 4.78 is 1.96. The molecule has 0 amide bonds. The van der Waals surface area contributed by atoms with E-state index in [0.29, 0.717) is 0 Å². The third-order valence-corrected chi connectivity index (χ3v) is 4.93. The molecule has 0 bridgehead atoms. The minimum atomic E-state index is 0. The Hall–Kier alpha value is -1.87. The first-order valence-corrected chi connectivity index (χ1v) is 9.76. The van der Waals surface area contributed by atoms with Crippen LogP contribution in [0.25, 0.3) is 5.69 Å². The number of nitrogens with one attached hydrogen (secondary N) is 2. The molecule has 0 aliphatic carbocycles. The minimum Gasteiger partial charge on any atom is -0.356 e. The van der Waals surface area contributed by atoms with Gasteiger partial charge in [0.25, 0.3) is 0 Å². The summed E-state index contributed by atoms with van der Waals surface area (Å²) in [6, 6.07) is 12.3. The average molecular weight is 495 g/mol. The van der Waals surface area contributed by atoms with Gasteiger partial charge in [-0.3, -0.25) is 4.99 Å².